The summed E-state index contributed by atoms with van der Waals surface area (Å²) in [4.78, 5) is 12.3. The van der Waals surface area contributed by atoms with Crippen LogP contribution < -0.4 is 9.82 Å². The molecule has 140 valence electrons. The van der Waals surface area contributed by atoms with Gasteiger partial charge < -0.3 is 4.74 Å². The molecule has 0 aliphatic carbocycles. The lowest BCUT2D eigenvalue weighted by Crippen LogP contribution is -2.21. The van der Waals surface area contributed by atoms with Crippen molar-refractivity contribution < 1.29 is 23.1 Å². The van der Waals surface area contributed by atoms with Crippen LogP contribution in [0.1, 0.15) is 29.8 Å². The fourth-order valence-electron chi connectivity index (χ4n) is 2.28. The summed E-state index contributed by atoms with van der Waals surface area (Å²) in [6.45, 7) is 4.69. The number of hydrogen-bond donors (Lipinski definition) is 1. The third kappa shape index (κ3) is 6.07. The van der Waals surface area contributed by atoms with Crippen LogP contribution >= 0.6 is 7.75 Å². The molecule has 2 aromatic carbocycles. The first-order valence-electron chi connectivity index (χ1n) is 8.55. The van der Waals surface area contributed by atoms with Crippen molar-refractivity contribution in [2.24, 2.45) is 0 Å². The minimum atomic E-state index is -3.27. The van der Waals surface area contributed by atoms with Crippen LogP contribution in [0.25, 0.3) is 0 Å². The first kappa shape index (κ1) is 20.3. The Morgan fingerprint density at radius 3 is 2.08 bits per heavy atom. The van der Waals surface area contributed by atoms with Crippen LogP contribution in [0.4, 0.5) is 0 Å². The molecular formula is C19H24NO5P. The van der Waals surface area contributed by atoms with Gasteiger partial charge in [-0.15, -0.1) is 0 Å². The molecule has 0 bridgehead atoms. The molecule has 1 N–H and O–H groups in total. The quantitative estimate of drug-likeness (QED) is 0.362. The van der Waals surface area contributed by atoms with Gasteiger partial charge in [0.1, 0.15) is 12.4 Å². The highest BCUT2D eigenvalue weighted by Crippen LogP contribution is 2.42. The molecule has 0 saturated carbocycles. The van der Waals surface area contributed by atoms with Gasteiger partial charge in [0, 0.05) is 17.7 Å². The Hall–Kier alpha value is -1.98. The van der Waals surface area contributed by atoms with Gasteiger partial charge in [-0.05, 0) is 38.1 Å². The van der Waals surface area contributed by atoms with E-state index >= 15 is 0 Å². The molecule has 0 atom stereocenters. The Morgan fingerprint density at radius 1 is 0.923 bits per heavy atom. The van der Waals surface area contributed by atoms with Crippen LogP contribution in [0.3, 0.4) is 0 Å². The third-order valence-corrected chi connectivity index (χ3v) is 5.23. The van der Waals surface area contributed by atoms with Crippen molar-refractivity contribution in [1.82, 2.24) is 5.09 Å². The zero-order chi connectivity index (χ0) is 18.8. The van der Waals surface area contributed by atoms with Gasteiger partial charge in [0.15, 0.2) is 5.78 Å². The zero-order valence-corrected chi connectivity index (χ0v) is 15.9. The van der Waals surface area contributed by atoms with E-state index in [1.54, 1.807) is 50.2 Å². The standard InChI is InChI=1S/C19H24NO5P/c1-3-24-26(22,25-4-2)20-14-15-23-18-12-10-17(11-13-18)19(21)16-8-6-5-7-9-16/h5-13H,3-4,14-15H2,1-2H3,(H,20,22). The molecule has 26 heavy (non-hydrogen) atoms. The smallest absolute Gasteiger partial charge is 0.405 e. The van der Waals surface area contributed by atoms with E-state index in [4.69, 9.17) is 13.8 Å². The maximum atomic E-state index is 12.3. The van der Waals surface area contributed by atoms with Crippen LogP contribution in [-0.4, -0.2) is 32.1 Å². The maximum Gasteiger partial charge on any atom is 0.405 e. The monoisotopic (exact) mass is 377 g/mol. The van der Waals surface area contributed by atoms with E-state index < -0.39 is 7.75 Å². The van der Waals surface area contributed by atoms with Gasteiger partial charge in [-0.25, -0.2) is 9.65 Å². The van der Waals surface area contributed by atoms with E-state index in [1.165, 1.54) is 0 Å². The van der Waals surface area contributed by atoms with Gasteiger partial charge >= 0.3 is 7.75 Å². The Morgan fingerprint density at radius 2 is 1.50 bits per heavy atom. The number of ether oxygens (including phenoxy) is 1. The van der Waals surface area contributed by atoms with Crippen molar-refractivity contribution in [2.75, 3.05) is 26.4 Å². The van der Waals surface area contributed by atoms with Crippen LogP contribution in [0.2, 0.25) is 0 Å². The van der Waals surface area contributed by atoms with Crippen molar-refractivity contribution in [3.63, 3.8) is 0 Å². The zero-order valence-electron chi connectivity index (χ0n) is 15.0. The number of carbonyl (C=O) groups is 1. The van der Waals surface area contributed by atoms with Gasteiger partial charge in [-0.3, -0.25) is 13.8 Å². The molecule has 0 aliphatic rings. The number of rotatable bonds is 11. The van der Waals surface area contributed by atoms with Crippen molar-refractivity contribution in [1.29, 1.82) is 0 Å². The minimum Gasteiger partial charge on any atom is -0.492 e. The second-order valence-corrected chi connectivity index (χ2v) is 7.14. The highest BCUT2D eigenvalue weighted by atomic mass is 31.2. The molecule has 0 saturated heterocycles. The summed E-state index contributed by atoms with van der Waals surface area (Å²) in [5.74, 6) is 0.590. The summed E-state index contributed by atoms with van der Waals surface area (Å²) in [7, 11) is -3.27. The van der Waals surface area contributed by atoms with Crippen LogP contribution in [-0.2, 0) is 13.6 Å². The van der Waals surface area contributed by atoms with Crippen LogP contribution in [0.15, 0.2) is 54.6 Å². The Balaban J connectivity index is 1.84. The highest BCUT2D eigenvalue weighted by molar-refractivity contribution is 7.51. The topological polar surface area (TPSA) is 73.9 Å². The molecule has 0 spiro atoms. The van der Waals surface area contributed by atoms with E-state index in [0.29, 0.717) is 36.6 Å². The predicted octanol–water partition coefficient (Wildman–Crippen LogP) is 4.07. The molecule has 0 unspecified atom stereocenters. The maximum absolute atomic E-state index is 12.3. The average Bonchev–Trinajstić information content (AvgIpc) is 2.66. The lowest BCUT2D eigenvalue weighted by molar-refractivity contribution is 0.103. The molecule has 2 aromatic rings. The molecule has 2 rings (SSSR count). The van der Waals surface area contributed by atoms with Crippen LogP contribution in [0, 0.1) is 0 Å². The van der Waals surface area contributed by atoms with E-state index in [2.05, 4.69) is 5.09 Å². The van der Waals surface area contributed by atoms with Crippen molar-refractivity contribution in [2.45, 2.75) is 13.8 Å². The first-order chi connectivity index (χ1) is 12.6. The van der Waals surface area contributed by atoms with Crippen molar-refractivity contribution in [3.8, 4) is 5.75 Å². The highest BCUT2D eigenvalue weighted by Gasteiger charge is 2.22. The Bertz CT molecular complexity index is 723. The third-order valence-electron chi connectivity index (χ3n) is 3.43. The SMILES string of the molecule is CCOP(=O)(NCCOc1ccc(C(=O)c2ccccc2)cc1)OCC. The number of ketones is 1. The second kappa shape index (κ2) is 10.2. The first-order valence-corrected chi connectivity index (χ1v) is 10.1. The predicted molar refractivity (Wildman–Crippen MR) is 101 cm³/mol. The fraction of sp³-hybridized carbons (Fsp3) is 0.316. The van der Waals surface area contributed by atoms with Crippen molar-refractivity contribution in [3.05, 3.63) is 65.7 Å². The van der Waals surface area contributed by atoms with Gasteiger partial charge in [0.2, 0.25) is 0 Å². The number of nitrogens with one attached hydrogen (secondary N) is 1. The van der Waals surface area contributed by atoms with Crippen molar-refractivity contribution >= 4 is 13.5 Å². The lowest BCUT2D eigenvalue weighted by atomic mass is 10.0. The molecule has 0 aliphatic heterocycles. The van der Waals surface area contributed by atoms with E-state index in [1.807, 2.05) is 18.2 Å². The Labute approximate surface area is 154 Å². The normalized spacial score (nSPS) is 11.3. The van der Waals surface area contributed by atoms with Gasteiger partial charge in [-0.2, -0.15) is 0 Å². The molecule has 0 fully saturated rings. The summed E-state index contributed by atoms with van der Waals surface area (Å²) < 4.78 is 28.1. The number of benzene rings is 2. The van der Waals surface area contributed by atoms with E-state index in [-0.39, 0.29) is 12.4 Å². The van der Waals surface area contributed by atoms with E-state index in [9.17, 15) is 9.36 Å². The number of hydrogen-bond acceptors (Lipinski definition) is 5. The summed E-state index contributed by atoms with van der Waals surface area (Å²) in [6.07, 6.45) is 0. The molecular weight excluding hydrogens is 353 g/mol. The molecule has 6 nitrogen and oxygen atoms in total. The largest absolute Gasteiger partial charge is 0.492 e. The molecule has 7 heteroatoms. The molecule has 0 heterocycles. The lowest BCUT2D eigenvalue weighted by Gasteiger charge is -2.17. The van der Waals surface area contributed by atoms with E-state index in [0.717, 1.165) is 0 Å². The van der Waals surface area contributed by atoms with Gasteiger partial charge in [0.25, 0.3) is 0 Å². The fourth-order valence-corrected chi connectivity index (χ4v) is 3.58. The summed E-state index contributed by atoms with van der Waals surface area (Å²) in [5.41, 5.74) is 1.24. The minimum absolute atomic E-state index is 0.0341. The number of carbonyl (C=O) groups excluding carboxylic acids is 1. The summed E-state index contributed by atoms with van der Waals surface area (Å²) >= 11 is 0. The molecule has 0 aromatic heterocycles. The Kier molecular flexibility index (Phi) is 8.01. The second-order valence-electron chi connectivity index (χ2n) is 5.31. The average molecular weight is 377 g/mol. The summed E-state index contributed by atoms with van der Waals surface area (Å²) in [6, 6.07) is 16.0. The van der Waals surface area contributed by atoms with Crippen LogP contribution in [0.5, 0.6) is 5.75 Å². The molecule has 0 radical (unpaired) electrons. The van der Waals surface area contributed by atoms with Gasteiger partial charge in [-0.1, -0.05) is 30.3 Å². The summed E-state index contributed by atoms with van der Waals surface area (Å²) in [5, 5.41) is 2.75. The van der Waals surface area contributed by atoms with Gasteiger partial charge in [0.05, 0.1) is 13.2 Å². The molecule has 0 amide bonds.